The highest BCUT2D eigenvalue weighted by atomic mass is 15.0. The number of unbranched alkanes of at least 4 members (excludes halogenated alkanes) is 1. The van der Waals surface area contributed by atoms with E-state index in [1.165, 1.54) is 58.0 Å². The minimum absolute atomic E-state index is 0.750. The molecule has 0 amide bonds. The van der Waals surface area contributed by atoms with Gasteiger partial charge in [0.15, 0.2) is 0 Å². The number of hydrogen-bond acceptors (Lipinski definition) is 3. The standard InChI is InChI=1S/C13H28N2.C2H7N/c1-3-5-10-15-13-8-6-7-12(11-13)14-9-4-2;1-2-3/h12-15H,3-11H2,1-2H3;2-3H2,1H3. The first kappa shape index (κ1) is 17.9. The molecule has 2 atom stereocenters. The monoisotopic (exact) mass is 257 g/mol. The van der Waals surface area contributed by atoms with Gasteiger partial charge in [-0.1, -0.05) is 33.6 Å². The van der Waals surface area contributed by atoms with Crippen molar-refractivity contribution in [3.05, 3.63) is 0 Å². The zero-order valence-electron chi connectivity index (χ0n) is 12.8. The van der Waals surface area contributed by atoms with Crippen LogP contribution in [0.4, 0.5) is 0 Å². The second-order valence-corrected chi connectivity index (χ2v) is 5.23. The van der Waals surface area contributed by atoms with Crippen molar-refractivity contribution in [2.75, 3.05) is 19.6 Å². The van der Waals surface area contributed by atoms with E-state index < -0.39 is 0 Å². The lowest BCUT2D eigenvalue weighted by Crippen LogP contribution is -2.42. The van der Waals surface area contributed by atoms with Gasteiger partial charge in [0.2, 0.25) is 0 Å². The molecule has 1 saturated carbocycles. The molecule has 2 unspecified atom stereocenters. The van der Waals surface area contributed by atoms with Crippen molar-refractivity contribution in [1.29, 1.82) is 0 Å². The predicted octanol–water partition coefficient (Wildman–Crippen LogP) is 2.65. The zero-order chi connectivity index (χ0) is 13.6. The van der Waals surface area contributed by atoms with E-state index in [9.17, 15) is 0 Å². The van der Waals surface area contributed by atoms with Crippen LogP contribution in [-0.2, 0) is 0 Å². The summed E-state index contributed by atoms with van der Waals surface area (Å²) < 4.78 is 0. The van der Waals surface area contributed by atoms with Crippen molar-refractivity contribution in [2.45, 2.75) is 77.8 Å². The summed E-state index contributed by atoms with van der Waals surface area (Å²) in [7, 11) is 0. The molecule has 110 valence electrons. The van der Waals surface area contributed by atoms with E-state index in [1.54, 1.807) is 0 Å². The van der Waals surface area contributed by atoms with E-state index in [4.69, 9.17) is 5.73 Å². The molecular weight excluding hydrogens is 222 g/mol. The van der Waals surface area contributed by atoms with E-state index in [0.717, 1.165) is 18.6 Å². The van der Waals surface area contributed by atoms with Crippen LogP contribution in [0.15, 0.2) is 0 Å². The van der Waals surface area contributed by atoms with Crippen molar-refractivity contribution < 1.29 is 0 Å². The Morgan fingerprint density at radius 3 is 2.00 bits per heavy atom. The van der Waals surface area contributed by atoms with Gasteiger partial charge in [-0.2, -0.15) is 0 Å². The fourth-order valence-corrected chi connectivity index (χ4v) is 2.39. The summed E-state index contributed by atoms with van der Waals surface area (Å²) in [6.45, 7) is 9.55. The van der Waals surface area contributed by atoms with E-state index in [2.05, 4.69) is 24.5 Å². The highest BCUT2D eigenvalue weighted by molar-refractivity contribution is 4.81. The molecule has 3 nitrogen and oxygen atoms in total. The first-order valence-corrected chi connectivity index (χ1v) is 7.95. The van der Waals surface area contributed by atoms with Gasteiger partial charge in [-0.25, -0.2) is 0 Å². The van der Waals surface area contributed by atoms with Gasteiger partial charge < -0.3 is 16.4 Å². The lowest BCUT2D eigenvalue weighted by atomic mass is 9.91. The largest absolute Gasteiger partial charge is 0.331 e. The van der Waals surface area contributed by atoms with Crippen LogP contribution in [-0.4, -0.2) is 31.7 Å². The lowest BCUT2D eigenvalue weighted by Gasteiger charge is -2.30. The van der Waals surface area contributed by atoms with Crippen LogP contribution in [0, 0.1) is 0 Å². The van der Waals surface area contributed by atoms with Gasteiger partial charge in [-0.3, -0.25) is 0 Å². The molecule has 0 aromatic carbocycles. The molecule has 0 saturated heterocycles. The molecule has 1 fully saturated rings. The SMILES string of the molecule is CCCCNC1CCCC(NCCC)C1.CCN. The van der Waals surface area contributed by atoms with Crippen LogP contribution in [0.5, 0.6) is 0 Å². The van der Waals surface area contributed by atoms with Crippen LogP contribution < -0.4 is 16.4 Å². The van der Waals surface area contributed by atoms with Gasteiger partial charge in [0.05, 0.1) is 0 Å². The summed E-state index contributed by atoms with van der Waals surface area (Å²) >= 11 is 0. The minimum atomic E-state index is 0.750. The number of nitrogens with two attached hydrogens (primary N) is 1. The molecule has 4 N–H and O–H groups in total. The normalized spacial score (nSPS) is 23.3. The maximum atomic E-state index is 4.85. The maximum absolute atomic E-state index is 4.85. The lowest BCUT2D eigenvalue weighted by molar-refractivity contribution is 0.302. The van der Waals surface area contributed by atoms with Crippen LogP contribution in [0.3, 0.4) is 0 Å². The molecular formula is C15H35N3. The summed E-state index contributed by atoms with van der Waals surface area (Å²) in [6.07, 6.45) is 9.38. The van der Waals surface area contributed by atoms with Gasteiger partial charge in [-0.05, 0) is 51.7 Å². The summed E-state index contributed by atoms with van der Waals surface area (Å²) in [5.74, 6) is 0. The maximum Gasteiger partial charge on any atom is 0.00818 e. The highest BCUT2D eigenvalue weighted by Gasteiger charge is 2.20. The summed E-state index contributed by atoms with van der Waals surface area (Å²) in [5, 5.41) is 7.34. The third kappa shape index (κ3) is 9.86. The number of hydrogen-bond donors (Lipinski definition) is 3. The summed E-state index contributed by atoms with van der Waals surface area (Å²) in [5.41, 5.74) is 4.85. The Bertz CT molecular complexity index is 162. The fraction of sp³-hybridized carbons (Fsp3) is 1.00. The Morgan fingerprint density at radius 2 is 1.50 bits per heavy atom. The highest BCUT2D eigenvalue weighted by Crippen LogP contribution is 2.18. The molecule has 0 aliphatic heterocycles. The third-order valence-electron chi connectivity index (χ3n) is 3.32. The minimum Gasteiger partial charge on any atom is -0.331 e. The van der Waals surface area contributed by atoms with Crippen LogP contribution in [0.2, 0.25) is 0 Å². The Kier molecular flexibility index (Phi) is 13.2. The Labute approximate surface area is 114 Å². The van der Waals surface area contributed by atoms with Crippen molar-refractivity contribution in [3.63, 3.8) is 0 Å². The quantitative estimate of drug-likeness (QED) is 0.615. The van der Waals surface area contributed by atoms with Gasteiger partial charge >= 0.3 is 0 Å². The Hall–Kier alpha value is -0.120. The summed E-state index contributed by atoms with van der Waals surface area (Å²) in [6, 6.07) is 1.55. The average molecular weight is 257 g/mol. The van der Waals surface area contributed by atoms with Crippen LogP contribution in [0.25, 0.3) is 0 Å². The molecule has 1 aliphatic rings. The van der Waals surface area contributed by atoms with E-state index in [1.807, 2.05) is 6.92 Å². The van der Waals surface area contributed by atoms with Crippen molar-refractivity contribution in [2.24, 2.45) is 5.73 Å². The van der Waals surface area contributed by atoms with E-state index in [-0.39, 0.29) is 0 Å². The van der Waals surface area contributed by atoms with Gasteiger partial charge in [0.25, 0.3) is 0 Å². The molecule has 0 aromatic heterocycles. The van der Waals surface area contributed by atoms with Crippen LogP contribution >= 0.6 is 0 Å². The Morgan fingerprint density at radius 1 is 0.944 bits per heavy atom. The van der Waals surface area contributed by atoms with Crippen molar-refractivity contribution in [1.82, 2.24) is 10.6 Å². The van der Waals surface area contributed by atoms with E-state index in [0.29, 0.717) is 0 Å². The summed E-state index contributed by atoms with van der Waals surface area (Å²) in [4.78, 5) is 0. The second-order valence-electron chi connectivity index (χ2n) is 5.23. The molecule has 0 spiro atoms. The molecule has 0 bridgehead atoms. The Balaban J connectivity index is 0.000000873. The van der Waals surface area contributed by atoms with Gasteiger partial charge in [0, 0.05) is 12.1 Å². The second kappa shape index (κ2) is 13.3. The van der Waals surface area contributed by atoms with Gasteiger partial charge in [0.1, 0.15) is 0 Å². The zero-order valence-corrected chi connectivity index (χ0v) is 12.8. The smallest absolute Gasteiger partial charge is 0.00818 e. The molecule has 3 heteroatoms. The first-order valence-electron chi connectivity index (χ1n) is 7.95. The fourth-order valence-electron chi connectivity index (χ4n) is 2.39. The van der Waals surface area contributed by atoms with Gasteiger partial charge in [-0.15, -0.1) is 0 Å². The molecule has 0 radical (unpaired) electrons. The number of nitrogens with one attached hydrogen (secondary N) is 2. The first-order chi connectivity index (χ1) is 8.78. The molecule has 18 heavy (non-hydrogen) atoms. The van der Waals surface area contributed by atoms with Crippen LogP contribution in [0.1, 0.15) is 65.7 Å². The molecule has 0 aromatic rings. The topological polar surface area (TPSA) is 50.1 Å². The van der Waals surface area contributed by atoms with Crippen molar-refractivity contribution in [3.8, 4) is 0 Å². The molecule has 0 heterocycles. The van der Waals surface area contributed by atoms with E-state index >= 15 is 0 Å². The number of rotatable bonds is 7. The predicted molar refractivity (Wildman–Crippen MR) is 82.0 cm³/mol. The van der Waals surface area contributed by atoms with Crippen molar-refractivity contribution >= 4 is 0 Å². The molecule has 1 rings (SSSR count). The molecule has 1 aliphatic carbocycles. The third-order valence-corrected chi connectivity index (χ3v) is 3.32. The average Bonchev–Trinajstić information content (AvgIpc) is 2.38.